The molecule has 24 heavy (non-hydrogen) atoms. The molecule has 1 atom stereocenters. The van der Waals surface area contributed by atoms with Gasteiger partial charge in [0.05, 0.1) is 0 Å². The van der Waals surface area contributed by atoms with Crippen LogP contribution in [0.1, 0.15) is 36.0 Å². The van der Waals surface area contributed by atoms with Gasteiger partial charge in [-0.3, -0.25) is 0 Å². The summed E-state index contributed by atoms with van der Waals surface area (Å²) in [6.45, 7) is 2.68. The maximum Gasteiger partial charge on any atom is 0.164 e. The predicted octanol–water partition coefficient (Wildman–Crippen LogP) is 4.74. The summed E-state index contributed by atoms with van der Waals surface area (Å²) in [4.78, 5) is 0. The number of rotatable bonds is 2. The summed E-state index contributed by atoms with van der Waals surface area (Å²) in [5.74, 6) is 2.35. The summed E-state index contributed by atoms with van der Waals surface area (Å²) in [6.07, 6.45) is 2.23. The van der Waals surface area contributed by atoms with Gasteiger partial charge in [0.25, 0.3) is 0 Å². The Bertz CT molecular complexity index is 684. The number of nitrogens with one attached hydrogen (secondary N) is 1. The standard InChI is InChI=1S/C19H20ClNO2.ClH/c20-15-6-4-14(5-7-15)18-12-22-19-16(2-1-3-17(19)23-18)13-8-10-21-11-9-13;/h1-7,13,18,21H,8-12H2;1H. The van der Waals surface area contributed by atoms with Gasteiger partial charge in [0.15, 0.2) is 17.6 Å². The largest absolute Gasteiger partial charge is 0.485 e. The SMILES string of the molecule is Cl.Clc1ccc(C2COc3c(cccc3C3CCNCC3)O2)cc1. The average Bonchev–Trinajstić information content (AvgIpc) is 2.62. The van der Waals surface area contributed by atoms with Gasteiger partial charge in [-0.25, -0.2) is 0 Å². The van der Waals surface area contributed by atoms with E-state index < -0.39 is 0 Å². The molecule has 128 valence electrons. The molecule has 5 heteroatoms. The van der Waals surface area contributed by atoms with Gasteiger partial charge in [0, 0.05) is 10.6 Å². The minimum Gasteiger partial charge on any atom is -0.485 e. The van der Waals surface area contributed by atoms with Gasteiger partial charge in [0.2, 0.25) is 0 Å². The summed E-state index contributed by atoms with van der Waals surface area (Å²) in [7, 11) is 0. The normalized spacial score (nSPS) is 20.3. The van der Waals surface area contributed by atoms with E-state index in [0.29, 0.717) is 12.5 Å². The second-order valence-corrected chi connectivity index (χ2v) is 6.60. The molecule has 0 saturated carbocycles. The van der Waals surface area contributed by atoms with Crippen molar-refractivity contribution < 1.29 is 9.47 Å². The van der Waals surface area contributed by atoms with Crippen molar-refractivity contribution in [2.75, 3.05) is 19.7 Å². The Morgan fingerprint density at radius 2 is 1.75 bits per heavy atom. The van der Waals surface area contributed by atoms with Crippen molar-refractivity contribution >= 4 is 24.0 Å². The summed E-state index contributed by atoms with van der Waals surface area (Å²) >= 11 is 5.96. The lowest BCUT2D eigenvalue weighted by Crippen LogP contribution is -2.28. The van der Waals surface area contributed by atoms with Crippen molar-refractivity contribution in [3.63, 3.8) is 0 Å². The summed E-state index contributed by atoms with van der Waals surface area (Å²) in [6, 6.07) is 14.0. The number of fused-ring (bicyclic) bond motifs is 1. The number of benzene rings is 2. The number of para-hydroxylation sites is 1. The molecule has 2 aromatic carbocycles. The van der Waals surface area contributed by atoms with Crippen LogP contribution in [0, 0.1) is 0 Å². The number of piperidine rings is 1. The smallest absolute Gasteiger partial charge is 0.164 e. The summed E-state index contributed by atoms with van der Waals surface area (Å²) in [5, 5.41) is 4.15. The third-order valence-corrected chi connectivity index (χ3v) is 4.93. The predicted molar refractivity (Wildman–Crippen MR) is 98.9 cm³/mol. The van der Waals surface area contributed by atoms with Crippen LogP contribution in [0.2, 0.25) is 5.02 Å². The fraction of sp³-hybridized carbons (Fsp3) is 0.368. The molecule has 0 bridgehead atoms. The number of halogens is 2. The van der Waals surface area contributed by atoms with Crippen molar-refractivity contribution in [2.45, 2.75) is 24.9 Å². The van der Waals surface area contributed by atoms with Crippen molar-refractivity contribution in [2.24, 2.45) is 0 Å². The second-order valence-electron chi connectivity index (χ2n) is 6.17. The van der Waals surface area contributed by atoms with Crippen LogP contribution in [-0.4, -0.2) is 19.7 Å². The zero-order chi connectivity index (χ0) is 15.6. The van der Waals surface area contributed by atoms with Crippen molar-refractivity contribution in [3.05, 3.63) is 58.6 Å². The number of hydrogen-bond donors (Lipinski definition) is 1. The molecule has 0 amide bonds. The molecular weight excluding hydrogens is 345 g/mol. The first-order chi connectivity index (χ1) is 11.3. The highest BCUT2D eigenvalue weighted by Gasteiger charge is 2.27. The highest BCUT2D eigenvalue weighted by molar-refractivity contribution is 6.30. The molecule has 1 N–H and O–H groups in total. The van der Waals surface area contributed by atoms with Crippen LogP contribution < -0.4 is 14.8 Å². The Hall–Kier alpha value is -1.42. The molecule has 0 radical (unpaired) electrons. The van der Waals surface area contributed by atoms with Crippen molar-refractivity contribution in [1.82, 2.24) is 5.32 Å². The zero-order valence-corrected chi connectivity index (χ0v) is 14.9. The van der Waals surface area contributed by atoms with Gasteiger partial charge in [-0.15, -0.1) is 12.4 Å². The maximum absolute atomic E-state index is 6.21. The van der Waals surface area contributed by atoms with Crippen molar-refractivity contribution in [1.29, 1.82) is 0 Å². The lowest BCUT2D eigenvalue weighted by Gasteiger charge is -2.31. The monoisotopic (exact) mass is 365 g/mol. The van der Waals surface area contributed by atoms with Crippen LogP contribution in [0.5, 0.6) is 11.5 Å². The maximum atomic E-state index is 6.21. The molecule has 2 aliphatic rings. The van der Waals surface area contributed by atoms with E-state index in [-0.39, 0.29) is 18.5 Å². The van der Waals surface area contributed by atoms with Crippen LogP contribution >= 0.6 is 24.0 Å². The van der Waals surface area contributed by atoms with Gasteiger partial charge in [-0.2, -0.15) is 0 Å². The molecule has 1 saturated heterocycles. The van der Waals surface area contributed by atoms with Crippen LogP contribution in [0.25, 0.3) is 0 Å². The number of hydrogen-bond acceptors (Lipinski definition) is 3. The highest BCUT2D eigenvalue weighted by atomic mass is 35.5. The number of ether oxygens (including phenoxy) is 2. The minimum atomic E-state index is -0.0805. The molecule has 3 nitrogen and oxygen atoms in total. The van der Waals surface area contributed by atoms with Gasteiger partial charge in [-0.05, 0) is 55.6 Å². The van der Waals surface area contributed by atoms with E-state index in [4.69, 9.17) is 21.1 Å². The van der Waals surface area contributed by atoms with Gasteiger partial charge >= 0.3 is 0 Å². The van der Waals surface area contributed by atoms with E-state index in [1.807, 2.05) is 30.3 Å². The molecule has 0 spiro atoms. The Morgan fingerprint density at radius 3 is 2.50 bits per heavy atom. The minimum absolute atomic E-state index is 0. The average molecular weight is 366 g/mol. The van der Waals surface area contributed by atoms with Crippen LogP contribution in [0.15, 0.2) is 42.5 Å². The lowest BCUT2D eigenvalue weighted by molar-refractivity contribution is 0.0895. The molecule has 2 heterocycles. The van der Waals surface area contributed by atoms with Crippen molar-refractivity contribution in [3.8, 4) is 11.5 Å². The van der Waals surface area contributed by atoms with Crippen LogP contribution in [0.4, 0.5) is 0 Å². The van der Waals surface area contributed by atoms with E-state index >= 15 is 0 Å². The Kier molecular flexibility index (Phi) is 5.54. The first kappa shape index (κ1) is 17.4. The van der Waals surface area contributed by atoms with E-state index in [1.165, 1.54) is 5.56 Å². The lowest BCUT2D eigenvalue weighted by atomic mass is 9.89. The van der Waals surface area contributed by atoms with E-state index in [0.717, 1.165) is 48.0 Å². The quantitative estimate of drug-likeness (QED) is 0.833. The van der Waals surface area contributed by atoms with E-state index in [9.17, 15) is 0 Å². The van der Waals surface area contributed by atoms with E-state index in [2.05, 4.69) is 17.4 Å². The van der Waals surface area contributed by atoms with Gasteiger partial charge in [-0.1, -0.05) is 35.9 Å². The van der Waals surface area contributed by atoms with Gasteiger partial charge < -0.3 is 14.8 Å². The Morgan fingerprint density at radius 1 is 1.00 bits per heavy atom. The first-order valence-electron chi connectivity index (χ1n) is 8.20. The summed E-state index contributed by atoms with van der Waals surface area (Å²) < 4.78 is 12.3. The third kappa shape index (κ3) is 3.49. The molecule has 2 aliphatic heterocycles. The topological polar surface area (TPSA) is 30.5 Å². The Balaban J connectivity index is 0.00000169. The molecule has 0 aliphatic carbocycles. The molecule has 1 unspecified atom stereocenters. The Labute approximate surface area is 153 Å². The first-order valence-corrected chi connectivity index (χ1v) is 8.57. The van der Waals surface area contributed by atoms with Crippen LogP contribution in [0.3, 0.4) is 0 Å². The highest BCUT2D eigenvalue weighted by Crippen LogP contribution is 2.43. The second kappa shape index (κ2) is 7.64. The van der Waals surface area contributed by atoms with E-state index in [1.54, 1.807) is 0 Å². The summed E-state index contributed by atoms with van der Waals surface area (Å²) in [5.41, 5.74) is 2.38. The fourth-order valence-corrected chi connectivity index (χ4v) is 3.55. The molecule has 1 fully saturated rings. The molecule has 2 aromatic rings. The molecular formula is C19H21Cl2NO2. The molecule has 4 rings (SSSR count). The third-order valence-electron chi connectivity index (χ3n) is 4.68. The van der Waals surface area contributed by atoms with Gasteiger partial charge in [0.1, 0.15) is 6.61 Å². The fourth-order valence-electron chi connectivity index (χ4n) is 3.42. The van der Waals surface area contributed by atoms with Crippen LogP contribution in [-0.2, 0) is 0 Å². The molecule has 0 aromatic heterocycles. The zero-order valence-electron chi connectivity index (χ0n) is 13.3.